The van der Waals surface area contributed by atoms with Gasteiger partial charge >= 0.3 is 0 Å². The zero-order chi connectivity index (χ0) is 23.8. The minimum atomic E-state index is -0.463. The first-order valence-corrected chi connectivity index (χ1v) is 12.6. The molecule has 35 heavy (non-hydrogen) atoms. The number of nitriles is 1. The summed E-state index contributed by atoms with van der Waals surface area (Å²) in [5.41, 5.74) is 6.07. The Bertz CT molecular complexity index is 1590. The van der Waals surface area contributed by atoms with Gasteiger partial charge in [-0.15, -0.1) is 10.2 Å². The number of hydrogen-bond acceptors (Lipinski definition) is 5. The maximum absolute atomic E-state index is 9.98. The van der Waals surface area contributed by atoms with E-state index in [0.717, 1.165) is 50.3 Å². The highest BCUT2D eigenvalue weighted by Crippen LogP contribution is 2.39. The fourth-order valence-corrected chi connectivity index (χ4v) is 5.88. The SMILES string of the molecule is Cc1cccc(-c2cc3nncn3c3cc(Sc4cccc(C5(C#N)CCOCC5)c4)ccc23)c1. The van der Waals surface area contributed by atoms with Crippen LogP contribution in [-0.2, 0) is 10.2 Å². The molecule has 0 bridgehead atoms. The van der Waals surface area contributed by atoms with Crippen LogP contribution >= 0.6 is 11.8 Å². The zero-order valence-corrected chi connectivity index (χ0v) is 20.3. The number of hydrogen-bond donors (Lipinski definition) is 0. The largest absolute Gasteiger partial charge is 0.381 e. The molecule has 1 fully saturated rings. The molecule has 2 aromatic heterocycles. The summed E-state index contributed by atoms with van der Waals surface area (Å²) in [6, 6.07) is 28.2. The van der Waals surface area contributed by atoms with Crippen molar-refractivity contribution >= 4 is 28.3 Å². The topological polar surface area (TPSA) is 63.2 Å². The van der Waals surface area contributed by atoms with Crippen molar-refractivity contribution < 1.29 is 4.74 Å². The third kappa shape index (κ3) is 3.97. The van der Waals surface area contributed by atoms with Crippen LogP contribution in [0.2, 0.25) is 0 Å². The average Bonchev–Trinajstić information content (AvgIpc) is 3.38. The molecule has 0 atom stereocenters. The number of rotatable bonds is 4. The molecule has 3 heterocycles. The van der Waals surface area contributed by atoms with Crippen LogP contribution in [0.15, 0.2) is 88.9 Å². The molecule has 5 aromatic rings. The van der Waals surface area contributed by atoms with Crippen LogP contribution in [0.3, 0.4) is 0 Å². The summed E-state index contributed by atoms with van der Waals surface area (Å²) in [7, 11) is 0. The molecule has 0 aliphatic carbocycles. The van der Waals surface area contributed by atoms with E-state index in [1.165, 1.54) is 11.1 Å². The fraction of sp³-hybridized carbons (Fsp3) is 0.207. The minimum absolute atomic E-state index is 0.463. The Morgan fingerprint density at radius 3 is 2.63 bits per heavy atom. The van der Waals surface area contributed by atoms with Crippen molar-refractivity contribution in [1.29, 1.82) is 5.26 Å². The maximum Gasteiger partial charge on any atom is 0.161 e. The summed E-state index contributed by atoms with van der Waals surface area (Å²) in [6.07, 6.45) is 3.25. The second kappa shape index (κ2) is 8.84. The number of aryl methyl sites for hydroxylation is 1. The lowest BCUT2D eigenvalue weighted by Crippen LogP contribution is -2.32. The van der Waals surface area contributed by atoms with Crippen molar-refractivity contribution in [3.63, 3.8) is 0 Å². The van der Waals surface area contributed by atoms with Crippen molar-refractivity contribution in [2.45, 2.75) is 35.0 Å². The van der Waals surface area contributed by atoms with Crippen molar-refractivity contribution in [2.75, 3.05) is 13.2 Å². The Balaban J connectivity index is 1.41. The lowest BCUT2D eigenvalue weighted by molar-refractivity contribution is 0.0675. The van der Waals surface area contributed by atoms with Gasteiger partial charge in [0.1, 0.15) is 6.33 Å². The van der Waals surface area contributed by atoms with E-state index in [1.54, 1.807) is 18.1 Å². The zero-order valence-electron chi connectivity index (χ0n) is 19.4. The van der Waals surface area contributed by atoms with Gasteiger partial charge in [0.15, 0.2) is 5.65 Å². The number of ether oxygens (including phenoxy) is 1. The van der Waals surface area contributed by atoms with Crippen LogP contribution in [0.5, 0.6) is 0 Å². The van der Waals surface area contributed by atoms with Crippen LogP contribution in [0.4, 0.5) is 0 Å². The summed E-state index contributed by atoms with van der Waals surface area (Å²) < 4.78 is 7.57. The van der Waals surface area contributed by atoms with Crippen LogP contribution < -0.4 is 0 Å². The molecule has 6 rings (SSSR count). The Labute approximate surface area is 208 Å². The van der Waals surface area contributed by atoms with Gasteiger partial charge < -0.3 is 4.74 Å². The summed E-state index contributed by atoms with van der Waals surface area (Å²) >= 11 is 1.71. The lowest BCUT2D eigenvalue weighted by Gasteiger charge is -2.31. The molecule has 0 saturated carbocycles. The molecule has 0 unspecified atom stereocenters. The van der Waals surface area contributed by atoms with Crippen LogP contribution in [-0.4, -0.2) is 27.8 Å². The first-order valence-electron chi connectivity index (χ1n) is 11.8. The molecular formula is C29H24N4OS. The molecule has 0 spiro atoms. The van der Waals surface area contributed by atoms with E-state index in [0.29, 0.717) is 13.2 Å². The van der Waals surface area contributed by atoms with Crippen LogP contribution in [0, 0.1) is 18.3 Å². The van der Waals surface area contributed by atoms with E-state index in [9.17, 15) is 5.26 Å². The summed E-state index contributed by atoms with van der Waals surface area (Å²) in [6.45, 7) is 3.38. The van der Waals surface area contributed by atoms with Gasteiger partial charge in [-0.05, 0) is 66.8 Å². The van der Waals surface area contributed by atoms with Crippen molar-refractivity contribution in [2.24, 2.45) is 0 Å². The second-order valence-electron chi connectivity index (χ2n) is 9.10. The van der Waals surface area contributed by atoms with E-state index < -0.39 is 5.41 Å². The summed E-state index contributed by atoms with van der Waals surface area (Å²) in [5.74, 6) is 0. The van der Waals surface area contributed by atoms with E-state index in [1.807, 2.05) is 4.40 Å². The predicted octanol–water partition coefficient (Wildman–Crippen LogP) is 6.58. The Kier molecular flexibility index (Phi) is 5.52. The molecule has 1 aliphatic rings. The second-order valence-corrected chi connectivity index (χ2v) is 10.2. The van der Waals surface area contributed by atoms with Gasteiger partial charge in [0, 0.05) is 28.4 Å². The quantitative estimate of drug-likeness (QED) is 0.293. The highest BCUT2D eigenvalue weighted by Gasteiger charge is 2.34. The molecule has 0 radical (unpaired) electrons. The number of fused-ring (bicyclic) bond motifs is 3. The first kappa shape index (κ1) is 21.8. The highest BCUT2D eigenvalue weighted by atomic mass is 32.2. The number of pyridine rings is 1. The third-order valence-electron chi connectivity index (χ3n) is 6.88. The first-order chi connectivity index (χ1) is 17.1. The normalized spacial score (nSPS) is 15.3. The average molecular weight is 477 g/mol. The van der Waals surface area contributed by atoms with Crippen molar-refractivity contribution in [3.05, 3.63) is 90.3 Å². The Morgan fingerprint density at radius 2 is 1.80 bits per heavy atom. The molecule has 6 heteroatoms. The summed E-state index contributed by atoms with van der Waals surface area (Å²) in [5, 5.41) is 19.6. The van der Waals surface area contributed by atoms with Gasteiger partial charge in [-0.1, -0.05) is 59.8 Å². The lowest BCUT2D eigenvalue weighted by atomic mass is 9.75. The van der Waals surface area contributed by atoms with Gasteiger partial charge in [-0.3, -0.25) is 4.40 Å². The molecule has 5 nitrogen and oxygen atoms in total. The van der Waals surface area contributed by atoms with Crippen molar-refractivity contribution in [1.82, 2.24) is 14.6 Å². The maximum atomic E-state index is 9.98. The van der Waals surface area contributed by atoms with Gasteiger partial charge in [-0.25, -0.2) is 0 Å². The number of benzene rings is 3. The van der Waals surface area contributed by atoms with Crippen LogP contribution in [0.1, 0.15) is 24.0 Å². The standard InChI is InChI=1S/C29H24N4OS/c1-20-4-2-5-21(14-20)26-17-28-32-31-19-33(28)27-16-24(8-9-25(26)27)35-23-7-3-6-22(15-23)29(18-30)10-12-34-13-11-29/h2-9,14-17,19H,10-13H2,1H3. The monoisotopic (exact) mass is 476 g/mol. The number of nitrogens with zero attached hydrogens (tertiary/aromatic N) is 4. The van der Waals surface area contributed by atoms with Gasteiger partial charge in [0.2, 0.25) is 0 Å². The molecule has 3 aromatic carbocycles. The van der Waals surface area contributed by atoms with Gasteiger partial charge in [0.25, 0.3) is 0 Å². The third-order valence-corrected chi connectivity index (χ3v) is 7.86. The van der Waals surface area contributed by atoms with Gasteiger partial charge in [0.05, 0.1) is 17.0 Å². The van der Waals surface area contributed by atoms with Gasteiger partial charge in [-0.2, -0.15) is 5.26 Å². The highest BCUT2D eigenvalue weighted by molar-refractivity contribution is 7.99. The molecule has 172 valence electrons. The Hall–Kier alpha value is -3.66. The van der Waals surface area contributed by atoms with E-state index >= 15 is 0 Å². The molecule has 0 amide bonds. The van der Waals surface area contributed by atoms with Crippen LogP contribution in [0.25, 0.3) is 27.7 Å². The molecule has 1 saturated heterocycles. The molecule has 0 N–H and O–H groups in total. The van der Waals surface area contributed by atoms with E-state index in [2.05, 4.69) is 96.0 Å². The molecular weight excluding hydrogens is 452 g/mol. The van der Waals surface area contributed by atoms with E-state index in [-0.39, 0.29) is 0 Å². The molecule has 1 aliphatic heterocycles. The Morgan fingerprint density at radius 1 is 0.971 bits per heavy atom. The smallest absolute Gasteiger partial charge is 0.161 e. The van der Waals surface area contributed by atoms with Crippen molar-refractivity contribution in [3.8, 4) is 17.2 Å². The fourth-order valence-electron chi connectivity index (χ4n) is 4.97. The van der Waals surface area contributed by atoms with E-state index in [4.69, 9.17) is 4.74 Å². The number of aromatic nitrogens is 3. The predicted molar refractivity (Wildman–Crippen MR) is 139 cm³/mol. The summed E-state index contributed by atoms with van der Waals surface area (Å²) in [4.78, 5) is 2.25. The minimum Gasteiger partial charge on any atom is -0.381 e.